The molecule has 3 aromatic carbocycles. The molecule has 0 aliphatic heterocycles. The van der Waals surface area contributed by atoms with Crippen LogP contribution in [0.4, 0.5) is 5.82 Å². The molecule has 2 N–H and O–H groups in total. The number of benzene rings is 3. The molecule has 4 rings (SSSR count). The molecule has 0 unspecified atom stereocenters. The lowest BCUT2D eigenvalue weighted by Gasteiger charge is -2.10. The summed E-state index contributed by atoms with van der Waals surface area (Å²) in [4.78, 5) is 21.9. The molecule has 0 saturated carbocycles. The normalized spacial score (nSPS) is 11.0. The van der Waals surface area contributed by atoms with Gasteiger partial charge in [-0.1, -0.05) is 88.7 Å². The molecule has 1 amide bonds. The van der Waals surface area contributed by atoms with E-state index in [9.17, 15) is 9.90 Å². The molecule has 0 radical (unpaired) electrons. The van der Waals surface area contributed by atoms with Crippen LogP contribution in [-0.2, 0) is 17.8 Å². The zero-order valence-electron chi connectivity index (χ0n) is 17.8. The Hall–Kier alpha value is -3.61. The number of rotatable bonds is 7. The highest BCUT2D eigenvalue weighted by Gasteiger charge is 2.11. The SMILES string of the molecule is O=C(Cc1ccc(Br)cc1)Nc1ncc(-c2ccc(CO)cc2)nc1C=Cc1ccccc1. The number of nitrogens with one attached hydrogen (secondary N) is 1. The molecular weight excluding hydrogens is 478 g/mol. The van der Waals surface area contributed by atoms with E-state index in [1.54, 1.807) is 6.20 Å². The average Bonchev–Trinajstić information content (AvgIpc) is 2.85. The van der Waals surface area contributed by atoms with E-state index in [0.29, 0.717) is 17.2 Å². The number of anilines is 1. The Morgan fingerprint density at radius 1 is 0.909 bits per heavy atom. The second-order valence-electron chi connectivity index (χ2n) is 7.44. The van der Waals surface area contributed by atoms with E-state index in [1.165, 1.54) is 0 Å². The maximum atomic E-state index is 12.7. The van der Waals surface area contributed by atoms with Crippen LogP contribution in [0.15, 0.2) is 89.5 Å². The Morgan fingerprint density at radius 2 is 1.61 bits per heavy atom. The second kappa shape index (κ2) is 10.8. The first-order chi connectivity index (χ1) is 16.1. The highest BCUT2D eigenvalue weighted by atomic mass is 79.9. The van der Waals surface area contributed by atoms with E-state index in [2.05, 4.69) is 26.2 Å². The summed E-state index contributed by atoms with van der Waals surface area (Å²) in [6.45, 7) is -0.0135. The Kier molecular flexibility index (Phi) is 7.40. The van der Waals surface area contributed by atoms with Crippen molar-refractivity contribution in [3.63, 3.8) is 0 Å². The topological polar surface area (TPSA) is 75.1 Å². The molecule has 33 heavy (non-hydrogen) atoms. The van der Waals surface area contributed by atoms with Crippen LogP contribution in [0.2, 0.25) is 0 Å². The lowest BCUT2D eigenvalue weighted by molar-refractivity contribution is -0.115. The van der Waals surface area contributed by atoms with Gasteiger partial charge in [-0.3, -0.25) is 4.79 Å². The summed E-state index contributed by atoms with van der Waals surface area (Å²) in [5, 5.41) is 12.2. The predicted molar refractivity (Wildman–Crippen MR) is 135 cm³/mol. The average molecular weight is 500 g/mol. The van der Waals surface area contributed by atoms with Crippen molar-refractivity contribution >= 4 is 39.8 Å². The van der Waals surface area contributed by atoms with Crippen molar-refractivity contribution in [3.05, 3.63) is 112 Å². The van der Waals surface area contributed by atoms with Crippen LogP contribution in [0.3, 0.4) is 0 Å². The Morgan fingerprint density at radius 3 is 2.30 bits per heavy atom. The summed E-state index contributed by atoms with van der Waals surface area (Å²) < 4.78 is 0.966. The lowest BCUT2D eigenvalue weighted by Crippen LogP contribution is -2.16. The number of aromatic nitrogens is 2. The highest BCUT2D eigenvalue weighted by molar-refractivity contribution is 9.10. The van der Waals surface area contributed by atoms with Crippen molar-refractivity contribution in [2.24, 2.45) is 0 Å². The standard InChI is InChI=1S/C27H22BrN3O2/c28-23-13-8-20(9-14-23)16-26(33)31-27-24(15-10-19-4-2-1-3-5-19)30-25(17-29-27)22-11-6-21(18-32)7-12-22/h1-15,17,32H,16,18H2,(H,29,31,33). The fourth-order valence-corrected chi connectivity index (χ4v) is 3.50. The number of halogens is 1. The van der Waals surface area contributed by atoms with Crippen LogP contribution in [0.5, 0.6) is 0 Å². The van der Waals surface area contributed by atoms with E-state index >= 15 is 0 Å². The van der Waals surface area contributed by atoms with Gasteiger partial charge in [0.1, 0.15) is 5.69 Å². The third-order valence-corrected chi connectivity index (χ3v) is 5.53. The first kappa shape index (κ1) is 22.6. The number of aliphatic hydroxyl groups excluding tert-OH is 1. The van der Waals surface area contributed by atoms with Gasteiger partial charge in [-0.15, -0.1) is 0 Å². The van der Waals surface area contributed by atoms with Crippen LogP contribution in [0.25, 0.3) is 23.4 Å². The Labute approximate surface area is 201 Å². The third-order valence-electron chi connectivity index (χ3n) is 5.00. The number of aliphatic hydroxyl groups is 1. The third kappa shape index (κ3) is 6.22. The first-order valence-electron chi connectivity index (χ1n) is 10.5. The van der Waals surface area contributed by atoms with Gasteiger partial charge in [0.2, 0.25) is 5.91 Å². The minimum absolute atomic E-state index is 0.0135. The summed E-state index contributed by atoms with van der Waals surface area (Å²) >= 11 is 3.41. The van der Waals surface area contributed by atoms with Gasteiger partial charge in [0.05, 0.1) is 24.9 Å². The first-order valence-corrected chi connectivity index (χ1v) is 11.2. The summed E-state index contributed by atoms with van der Waals surface area (Å²) in [5.41, 5.74) is 4.87. The zero-order chi connectivity index (χ0) is 23.0. The fraction of sp³-hybridized carbons (Fsp3) is 0.0741. The van der Waals surface area contributed by atoms with E-state index in [1.807, 2.05) is 91.0 Å². The van der Waals surface area contributed by atoms with Gasteiger partial charge in [0.25, 0.3) is 0 Å². The molecule has 0 saturated heterocycles. The maximum absolute atomic E-state index is 12.7. The van der Waals surface area contributed by atoms with Crippen LogP contribution < -0.4 is 5.32 Å². The number of amides is 1. The number of hydrogen-bond acceptors (Lipinski definition) is 4. The molecule has 0 aliphatic rings. The van der Waals surface area contributed by atoms with Crippen LogP contribution in [-0.4, -0.2) is 21.0 Å². The van der Waals surface area contributed by atoms with Crippen LogP contribution in [0, 0.1) is 0 Å². The number of carbonyl (C=O) groups excluding carboxylic acids is 1. The van der Waals surface area contributed by atoms with Gasteiger partial charge in [-0.2, -0.15) is 0 Å². The van der Waals surface area contributed by atoms with Gasteiger partial charge in [0, 0.05) is 10.0 Å². The molecule has 5 nitrogen and oxygen atoms in total. The summed E-state index contributed by atoms with van der Waals surface area (Å²) in [5.74, 6) is 0.237. The summed E-state index contributed by atoms with van der Waals surface area (Å²) in [6, 6.07) is 25.0. The van der Waals surface area contributed by atoms with Crippen molar-refractivity contribution in [1.82, 2.24) is 9.97 Å². The fourth-order valence-electron chi connectivity index (χ4n) is 3.24. The maximum Gasteiger partial charge on any atom is 0.230 e. The Balaban J connectivity index is 1.61. The van der Waals surface area contributed by atoms with E-state index in [0.717, 1.165) is 26.7 Å². The number of carbonyl (C=O) groups is 1. The van der Waals surface area contributed by atoms with E-state index in [-0.39, 0.29) is 18.9 Å². The van der Waals surface area contributed by atoms with Crippen molar-refractivity contribution in [1.29, 1.82) is 0 Å². The van der Waals surface area contributed by atoms with Crippen molar-refractivity contribution in [2.75, 3.05) is 5.32 Å². The quantitative estimate of drug-likeness (QED) is 0.339. The summed E-state index contributed by atoms with van der Waals surface area (Å²) in [7, 11) is 0. The van der Waals surface area contributed by atoms with Gasteiger partial charge in [-0.05, 0) is 34.9 Å². The number of nitrogens with zero attached hydrogens (tertiary/aromatic N) is 2. The molecule has 0 aliphatic carbocycles. The van der Waals surface area contributed by atoms with Gasteiger partial charge in [0.15, 0.2) is 5.82 Å². The van der Waals surface area contributed by atoms with Crippen LogP contribution >= 0.6 is 15.9 Å². The largest absolute Gasteiger partial charge is 0.392 e. The minimum atomic E-state index is -0.166. The van der Waals surface area contributed by atoms with E-state index < -0.39 is 0 Å². The second-order valence-corrected chi connectivity index (χ2v) is 8.36. The predicted octanol–water partition coefficient (Wildman–Crippen LogP) is 5.75. The highest BCUT2D eigenvalue weighted by Crippen LogP contribution is 2.22. The smallest absolute Gasteiger partial charge is 0.230 e. The molecule has 164 valence electrons. The molecule has 0 atom stereocenters. The van der Waals surface area contributed by atoms with Gasteiger partial charge < -0.3 is 10.4 Å². The van der Waals surface area contributed by atoms with Gasteiger partial charge >= 0.3 is 0 Å². The van der Waals surface area contributed by atoms with Crippen LogP contribution in [0.1, 0.15) is 22.4 Å². The zero-order valence-corrected chi connectivity index (χ0v) is 19.4. The number of hydrogen-bond donors (Lipinski definition) is 2. The molecule has 0 bridgehead atoms. The monoisotopic (exact) mass is 499 g/mol. The molecule has 1 aromatic heterocycles. The van der Waals surface area contributed by atoms with E-state index in [4.69, 9.17) is 4.98 Å². The minimum Gasteiger partial charge on any atom is -0.392 e. The van der Waals surface area contributed by atoms with Crippen molar-refractivity contribution in [3.8, 4) is 11.3 Å². The molecule has 0 fully saturated rings. The van der Waals surface area contributed by atoms with Crippen molar-refractivity contribution in [2.45, 2.75) is 13.0 Å². The molecular formula is C27H22BrN3O2. The molecule has 1 heterocycles. The lowest BCUT2D eigenvalue weighted by atomic mass is 10.1. The molecule has 0 spiro atoms. The van der Waals surface area contributed by atoms with Crippen molar-refractivity contribution < 1.29 is 9.90 Å². The molecule has 6 heteroatoms. The van der Waals surface area contributed by atoms with Gasteiger partial charge in [-0.25, -0.2) is 9.97 Å². The summed E-state index contributed by atoms with van der Waals surface area (Å²) in [6.07, 6.45) is 5.67. The molecule has 4 aromatic rings. The Bertz CT molecular complexity index is 1260.